The Bertz CT molecular complexity index is 338. The minimum Gasteiger partial charge on any atom is -0.314 e. The van der Waals surface area contributed by atoms with E-state index in [1.807, 2.05) is 12.1 Å². The summed E-state index contributed by atoms with van der Waals surface area (Å²) >= 11 is 1.61. The second-order valence-electron chi connectivity index (χ2n) is 4.53. The lowest BCUT2D eigenvalue weighted by atomic mass is 10.2. The lowest BCUT2D eigenvalue weighted by Gasteiger charge is -2.11. The Morgan fingerprint density at radius 2 is 2.19 bits per heavy atom. The lowest BCUT2D eigenvalue weighted by molar-refractivity contribution is 0.555. The van der Waals surface area contributed by atoms with Crippen LogP contribution < -0.4 is 5.32 Å². The molecule has 0 aromatic heterocycles. The van der Waals surface area contributed by atoms with Crippen LogP contribution in [0.2, 0.25) is 0 Å². The van der Waals surface area contributed by atoms with E-state index in [2.05, 4.69) is 12.2 Å². The summed E-state index contributed by atoms with van der Waals surface area (Å²) in [6.45, 7) is 3.26. The normalized spacial score (nSPS) is 17.4. The van der Waals surface area contributed by atoms with E-state index >= 15 is 0 Å². The molecule has 1 aliphatic carbocycles. The van der Waals surface area contributed by atoms with Gasteiger partial charge in [-0.2, -0.15) is 0 Å². The summed E-state index contributed by atoms with van der Waals surface area (Å²) in [7, 11) is 0. The average Bonchev–Trinajstić information content (AvgIpc) is 3.09. The van der Waals surface area contributed by atoms with Gasteiger partial charge in [0.25, 0.3) is 0 Å². The molecule has 0 amide bonds. The predicted molar refractivity (Wildman–Crippen MR) is 67.3 cm³/mol. The van der Waals surface area contributed by atoms with Gasteiger partial charge in [-0.15, -0.1) is 11.8 Å². The van der Waals surface area contributed by atoms with E-state index in [0.717, 1.165) is 23.2 Å². The number of hydrogen-bond acceptors (Lipinski definition) is 2. The Kier molecular flexibility index (Phi) is 4.24. The monoisotopic (exact) mass is 239 g/mol. The highest BCUT2D eigenvalue weighted by molar-refractivity contribution is 7.99. The van der Waals surface area contributed by atoms with Gasteiger partial charge in [0, 0.05) is 16.7 Å². The maximum Gasteiger partial charge on any atom is 0.136 e. The van der Waals surface area contributed by atoms with Gasteiger partial charge in [0.15, 0.2) is 0 Å². The topological polar surface area (TPSA) is 12.0 Å². The minimum absolute atomic E-state index is 0.102. The second-order valence-corrected chi connectivity index (χ2v) is 5.59. The molecule has 1 atom stereocenters. The zero-order chi connectivity index (χ0) is 11.4. The van der Waals surface area contributed by atoms with Gasteiger partial charge in [0.2, 0.25) is 0 Å². The third kappa shape index (κ3) is 3.80. The molecule has 1 aromatic rings. The van der Waals surface area contributed by atoms with Crippen molar-refractivity contribution in [2.45, 2.75) is 30.7 Å². The lowest BCUT2D eigenvalue weighted by Crippen LogP contribution is -2.24. The molecule has 0 aliphatic heterocycles. The Morgan fingerprint density at radius 3 is 2.88 bits per heavy atom. The fourth-order valence-corrected chi connectivity index (χ4v) is 2.47. The van der Waals surface area contributed by atoms with Crippen molar-refractivity contribution in [2.75, 3.05) is 12.3 Å². The molecule has 0 heterocycles. The van der Waals surface area contributed by atoms with Crippen molar-refractivity contribution in [3.8, 4) is 0 Å². The third-order valence-electron chi connectivity index (χ3n) is 2.69. The summed E-state index contributed by atoms with van der Waals surface area (Å²) in [5, 5.41) is 3.50. The molecule has 1 fully saturated rings. The van der Waals surface area contributed by atoms with Gasteiger partial charge in [-0.05, 0) is 37.4 Å². The molecular weight excluding hydrogens is 221 g/mol. The van der Waals surface area contributed by atoms with E-state index in [1.165, 1.54) is 18.9 Å². The van der Waals surface area contributed by atoms with Crippen molar-refractivity contribution in [1.82, 2.24) is 5.32 Å². The van der Waals surface area contributed by atoms with E-state index in [-0.39, 0.29) is 5.82 Å². The van der Waals surface area contributed by atoms with Crippen LogP contribution in [-0.2, 0) is 0 Å². The fraction of sp³-hybridized carbons (Fsp3) is 0.538. The van der Waals surface area contributed by atoms with Gasteiger partial charge < -0.3 is 5.32 Å². The third-order valence-corrected chi connectivity index (χ3v) is 4.07. The standard InChI is InChI=1S/C13H18FNS/c1-10(8-15-11-6-7-11)9-16-13-5-3-2-4-12(13)14/h2-5,10-11,15H,6-9H2,1H3. The number of halogens is 1. The van der Waals surface area contributed by atoms with Crippen LogP contribution >= 0.6 is 11.8 Å². The summed E-state index contributed by atoms with van der Waals surface area (Å²) in [6.07, 6.45) is 2.65. The molecule has 1 N–H and O–H groups in total. The first-order valence-electron chi connectivity index (χ1n) is 5.86. The molecule has 0 spiro atoms. The average molecular weight is 239 g/mol. The van der Waals surface area contributed by atoms with Crippen LogP contribution in [0.5, 0.6) is 0 Å². The molecule has 0 saturated heterocycles. The molecule has 0 radical (unpaired) electrons. The smallest absolute Gasteiger partial charge is 0.136 e. The molecule has 1 aromatic carbocycles. The quantitative estimate of drug-likeness (QED) is 0.764. The van der Waals surface area contributed by atoms with Crippen LogP contribution in [-0.4, -0.2) is 18.3 Å². The van der Waals surface area contributed by atoms with Crippen LogP contribution in [0.15, 0.2) is 29.2 Å². The highest BCUT2D eigenvalue weighted by atomic mass is 32.2. The zero-order valence-electron chi connectivity index (χ0n) is 9.58. The number of rotatable bonds is 6. The Balaban J connectivity index is 1.71. The minimum atomic E-state index is -0.102. The van der Waals surface area contributed by atoms with Crippen molar-refractivity contribution in [2.24, 2.45) is 5.92 Å². The molecule has 0 bridgehead atoms. The fourth-order valence-electron chi connectivity index (χ4n) is 1.51. The molecule has 3 heteroatoms. The predicted octanol–water partition coefficient (Wildman–Crippen LogP) is 3.31. The first kappa shape index (κ1) is 11.9. The first-order valence-corrected chi connectivity index (χ1v) is 6.85. The second kappa shape index (κ2) is 5.69. The van der Waals surface area contributed by atoms with Crippen LogP contribution in [0.4, 0.5) is 4.39 Å². The molecule has 88 valence electrons. The highest BCUT2D eigenvalue weighted by Gasteiger charge is 2.20. The van der Waals surface area contributed by atoms with E-state index < -0.39 is 0 Å². The summed E-state index contributed by atoms with van der Waals surface area (Å²) in [5.74, 6) is 1.46. The number of thioether (sulfide) groups is 1. The molecule has 2 rings (SSSR count). The van der Waals surface area contributed by atoms with Crippen molar-refractivity contribution < 1.29 is 4.39 Å². The Hall–Kier alpha value is -0.540. The number of nitrogens with one attached hydrogen (secondary N) is 1. The zero-order valence-corrected chi connectivity index (χ0v) is 10.4. The van der Waals surface area contributed by atoms with Crippen LogP contribution in [0.1, 0.15) is 19.8 Å². The first-order chi connectivity index (χ1) is 7.75. The van der Waals surface area contributed by atoms with Gasteiger partial charge in [-0.25, -0.2) is 4.39 Å². The van der Waals surface area contributed by atoms with Gasteiger partial charge in [-0.3, -0.25) is 0 Å². The van der Waals surface area contributed by atoms with Gasteiger partial charge in [0.05, 0.1) is 0 Å². The summed E-state index contributed by atoms with van der Waals surface area (Å²) in [4.78, 5) is 0.765. The molecule has 16 heavy (non-hydrogen) atoms. The van der Waals surface area contributed by atoms with Crippen molar-refractivity contribution in [3.05, 3.63) is 30.1 Å². The van der Waals surface area contributed by atoms with E-state index in [0.29, 0.717) is 5.92 Å². The molecular formula is C13H18FNS. The summed E-state index contributed by atoms with van der Waals surface area (Å²) in [6, 6.07) is 7.76. The maximum atomic E-state index is 13.3. The number of benzene rings is 1. The molecule has 1 unspecified atom stereocenters. The van der Waals surface area contributed by atoms with Crippen LogP contribution in [0, 0.1) is 11.7 Å². The molecule has 1 saturated carbocycles. The molecule has 1 aliphatic rings. The van der Waals surface area contributed by atoms with Crippen molar-refractivity contribution >= 4 is 11.8 Å². The van der Waals surface area contributed by atoms with Gasteiger partial charge in [-0.1, -0.05) is 19.1 Å². The Labute approximate surface area is 101 Å². The summed E-state index contributed by atoms with van der Waals surface area (Å²) in [5.41, 5.74) is 0. The summed E-state index contributed by atoms with van der Waals surface area (Å²) < 4.78 is 13.3. The van der Waals surface area contributed by atoms with E-state index in [4.69, 9.17) is 0 Å². The van der Waals surface area contributed by atoms with Gasteiger partial charge >= 0.3 is 0 Å². The van der Waals surface area contributed by atoms with Crippen LogP contribution in [0.3, 0.4) is 0 Å². The SMILES string of the molecule is CC(CNC1CC1)CSc1ccccc1F. The maximum absolute atomic E-state index is 13.3. The largest absolute Gasteiger partial charge is 0.314 e. The highest BCUT2D eigenvalue weighted by Crippen LogP contribution is 2.24. The van der Waals surface area contributed by atoms with E-state index in [1.54, 1.807) is 17.8 Å². The van der Waals surface area contributed by atoms with Crippen molar-refractivity contribution in [1.29, 1.82) is 0 Å². The Morgan fingerprint density at radius 1 is 1.44 bits per heavy atom. The molecule has 1 nitrogen and oxygen atoms in total. The number of hydrogen-bond donors (Lipinski definition) is 1. The van der Waals surface area contributed by atoms with Gasteiger partial charge in [0.1, 0.15) is 5.82 Å². The van der Waals surface area contributed by atoms with Crippen LogP contribution in [0.25, 0.3) is 0 Å². The van der Waals surface area contributed by atoms with Crippen molar-refractivity contribution in [3.63, 3.8) is 0 Å². The van der Waals surface area contributed by atoms with E-state index in [9.17, 15) is 4.39 Å².